The largest absolute Gasteiger partial charge is 0.497 e. The molecule has 1 amide bonds. The first-order chi connectivity index (χ1) is 9.11. The molecule has 0 aliphatic carbocycles. The van der Waals surface area contributed by atoms with Gasteiger partial charge in [-0.25, -0.2) is 4.98 Å². The van der Waals surface area contributed by atoms with Gasteiger partial charge in [0.05, 0.1) is 30.4 Å². The van der Waals surface area contributed by atoms with Crippen LogP contribution in [0.2, 0.25) is 0 Å². The van der Waals surface area contributed by atoms with Gasteiger partial charge in [0.15, 0.2) is 0 Å². The number of carbonyl (C=O) groups excluding carboxylic acids is 1. The number of thiazole rings is 1. The first-order valence-corrected chi connectivity index (χ1v) is 7.31. The lowest BCUT2D eigenvalue weighted by Gasteiger charge is -2.17. The Bertz CT molecular complexity index is 572. The molecule has 0 atom stereocenters. The van der Waals surface area contributed by atoms with Gasteiger partial charge in [0.2, 0.25) is 0 Å². The summed E-state index contributed by atoms with van der Waals surface area (Å²) in [5.74, 6) is 0.590. The first kappa shape index (κ1) is 14.0. The van der Waals surface area contributed by atoms with Crippen molar-refractivity contribution in [2.24, 2.45) is 0 Å². The maximum atomic E-state index is 12.4. The summed E-state index contributed by atoms with van der Waals surface area (Å²) in [6.07, 6.45) is 0. The molecule has 0 unspecified atom stereocenters. The average Bonchev–Trinajstić information content (AvgIpc) is 2.91. The Kier molecular flexibility index (Phi) is 4.55. The summed E-state index contributed by atoms with van der Waals surface area (Å²) in [5, 5.41) is 1.93. The van der Waals surface area contributed by atoms with Gasteiger partial charge >= 0.3 is 0 Å². The van der Waals surface area contributed by atoms with E-state index < -0.39 is 0 Å². The Morgan fingerprint density at radius 3 is 2.95 bits per heavy atom. The monoisotopic (exact) mass is 340 g/mol. The fourth-order valence-electron chi connectivity index (χ4n) is 1.63. The summed E-state index contributed by atoms with van der Waals surface area (Å²) in [6, 6.07) is 5.34. The molecule has 0 aliphatic heterocycles. The van der Waals surface area contributed by atoms with E-state index in [-0.39, 0.29) is 5.91 Å². The number of methoxy groups -OCH3 is 1. The molecular weight excluding hydrogens is 328 g/mol. The van der Waals surface area contributed by atoms with Gasteiger partial charge in [-0.15, -0.1) is 11.3 Å². The highest BCUT2D eigenvalue weighted by Crippen LogP contribution is 2.24. The second kappa shape index (κ2) is 6.16. The fourth-order valence-corrected chi connectivity index (χ4v) is 2.60. The Hall–Kier alpha value is -1.40. The molecule has 1 aromatic heterocycles. The van der Waals surface area contributed by atoms with E-state index in [1.807, 2.05) is 11.4 Å². The highest BCUT2D eigenvalue weighted by molar-refractivity contribution is 9.10. The number of hydrogen-bond acceptors (Lipinski definition) is 4. The van der Waals surface area contributed by atoms with Crippen LogP contribution in [0.4, 0.5) is 0 Å². The second-order valence-corrected chi connectivity index (χ2v) is 5.56. The predicted molar refractivity (Wildman–Crippen MR) is 78.6 cm³/mol. The van der Waals surface area contributed by atoms with Crippen molar-refractivity contribution in [3.05, 3.63) is 44.8 Å². The van der Waals surface area contributed by atoms with Gasteiger partial charge in [-0.3, -0.25) is 4.79 Å². The third-order valence-corrected chi connectivity index (χ3v) is 3.96. The van der Waals surface area contributed by atoms with Crippen LogP contribution < -0.4 is 4.74 Å². The van der Waals surface area contributed by atoms with Crippen LogP contribution in [0.3, 0.4) is 0 Å². The molecule has 0 fully saturated rings. The number of halogens is 1. The van der Waals surface area contributed by atoms with Crippen LogP contribution in [0.25, 0.3) is 0 Å². The Morgan fingerprint density at radius 2 is 2.32 bits per heavy atom. The van der Waals surface area contributed by atoms with E-state index in [0.717, 1.165) is 10.2 Å². The molecular formula is C13H13BrN2O2S. The van der Waals surface area contributed by atoms with E-state index in [0.29, 0.717) is 17.9 Å². The normalized spacial score (nSPS) is 10.3. The zero-order chi connectivity index (χ0) is 13.8. The fraction of sp³-hybridized carbons (Fsp3) is 0.231. The number of rotatable bonds is 4. The zero-order valence-corrected chi connectivity index (χ0v) is 13.0. The maximum Gasteiger partial charge on any atom is 0.255 e. The molecule has 4 nitrogen and oxygen atoms in total. The van der Waals surface area contributed by atoms with Gasteiger partial charge < -0.3 is 9.64 Å². The lowest BCUT2D eigenvalue weighted by atomic mass is 10.2. The van der Waals surface area contributed by atoms with Crippen LogP contribution in [0.15, 0.2) is 33.6 Å². The summed E-state index contributed by atoms with van der Waals surface area (Å²) in [6.45, 7) is 0.492. The third-order valence-electron chi connectivity index (χ3n) is 2.63. The molecule has 1 aromatic carbocycles. The molecule has 100 valence electrons. The number of nitrogens with zero attached hydrogens (tertiary/aromatic N) is 2. The molecule has 0 saturated carbocycles. The van der Waals surface area contributed by atoms with E-state index in [9.17, 15) is 4.79 Å². The topological polar surface area (TPSA) is 42.4 Å². The summed E-state index contributed by atoms with van der Waals surface area (Å²) in [7, 11) is 3.34. The number of carbonyl (C=O) groups is 1. The second-order valence-electron chi connectivity index (χ2n) is 3.99. The molecule has 0 saturated heterocycles. The van der Waals surface area contributed by atoms with Gasteiger partial charge in [-0.1, -0.05) is 0 Å². The summed E-state index contributed by atoms with van der Waals surface area (Å²) >= 11 is 4.91. The lowest BCUT2D eigenvalue weighted by molar-refractivity contribution is 0.0782. The lowest BCUT2D eigenvalue weighted by Crippen LogP contribution is -2.26. The quantitative estimate of drug-likeness (QED) is 0.858. The predicted octanol–water partition coefficient (Wildman–Crippen LogP) is 3.19. The van der Waals surface area contributed by atoms with Gasteiger partial charge in [-0.2, -0.15) is 0 Å². The van der Waals surface area contributed by atoms with Crippen LogP contribution in [0.5, 0.6) is 5.75 Å². The summed E-state index contributed by atoms with van der Waals surface area (Å²) in [5.41, 5.74) is 3.23. The maximum absolute atomic E-state index is 12.4. The van der Waals surface area contributed by atoms with Gasteiger partial charge in [0, 0.05) is 16.9 Å². The number of hydrogen-bond donors (Lipinski definition) is 0. The van der Waals surface area contributed by atoms with Gasteiger partial charge in [0.1, 0.15) is 5.75 Å². The minimum atomic E-state index is -0.0706. The van der Waals surface area contributed by atoms with Crippen molar-refractivity contribution in [3.63, 3.8) is 0 Å². The van der Waals surface area contributed by atoms with Crippen molar-refractivity contribution in [1.29, 1.82) is 0 Å². The van der Waals surface area contributed by atoms with E-state index in [1.54, 1.807) is 36.7 Å². The molecule has 0 bridgehead atoms. The third kappa shape index (κ3) is 3.33. The minimum Gasteiger partial charge on any atom is -0.497 e. The summed E-state index contributed by atoms with van der Waals surface area (Å²) < 4.78 is 5.90. The van der Waals surface area contributed by atoms with E-state index in [2.05, 4.69) is 20.9 Å². The SMILES string of the molecule is COc1ccc(Br)c(C(=O)N(C)Cc2cscn2)c1. The van der Waals surface area contributed by atoms with Crippen molar-refractivity contribution in [1.82, 2.24) is 9.88 Å². The van der Waals surface area contributed by atoms with Gasteiger partial charge in [-0.05, 0) is 34.1 Å². The standard InChI is InChI=1S/C13H13BrN2O2S/c1-16(6-9-7-19-8-15-9)13(17)11-5-10(18-2)3-4-12(11)14/h3-5,7-8H,6H2,1-2H3. The minimum absolute atomic E-state index is 0.0706. The van der Waals surface area contributed by atoms with Crippen molar-refractivity contribution >= 4 is 33.2 Å². The molecule has 2 aromatic rings. The van der Waals surface area contributed by atoms with Crippen molar-refractivity contribution < 1.29 is 9.53 Å². The molecule has 1 heterocycles. The summed E-state index contributed by atoms with van der Waals surface area (Å²) in [4.78, 5) is 18.2. The van der Waals surface area contributed by atoms with Crippen LogP contribution in [0, 0.1) is 0 Å². The van der Waals surface area contributed by atoms with E-state index in [1.165, 1.54) is 11.3 Å². The van der Waals surface area contributed by atoms with Gasteiger partial charge in [0.25, 0.3) is 5.91 Å². The van der Waals surface area contributed by atoms with Crippen LogP contribution in [-0.2, 0) is 6.54 Å². The van der Waals surface area contributed by atoms with Crippen LogP contribution in [0.1, 0.15) is 16.1 Å². The van der Waals surface area contributed by atoms with E-state index >= 15 is 0 Å². The van der Waals surface area contributed by atoms with Crippen LogP contribution >= 0.6 is 27.3 Å². The molecule has 2 rings (SSSR count). The zero-order valence-electron chi connectivity index (χ0n) is 10.6. The Morgan fingerprint density at radius 1 is 1.53 bits per heavy atom. The average molecular weight is 341 g/mol. The first-order valence-electron chi connectivity index (χ1n) is 5.58. The number of aromatic nitrogens is 1. The molecule has 0 aliphatic rings. The highest BCUT2D eigenvalue weighted by Gasteiger charge is 2.16. The van der Waals surface area contributed by atoms with Crippen molar-refractivity contribution in [3.8, 4) is 5.75 Å². The Labute approximate surface area is 124 Å². The molecule has 0 radical (unpaired) electrons. The Balaban J connectivity index is 2.18. The van der Waals surface area contributed by atoms with Crippen molar-refractivity contribution in [2.75, 3.05) is 14.2 Å². The molecule has 0 spiro atoms. The van der Waals surface area contributed by atoms with Crippen LogP contribution in [-0.4, -0.2) is 29.9 Å². The number of amides is 1. The highest BCUT2D eigenvalue weighted by atomic mass is 79.9. The molecule has 19 heavy (non-hydrogen) atoms. The molecule has 6 heteroatoms. The van der Waals surface area contributed by atoms with Crippen molar-refractivity contribution in [2.45, 2.75) is 6.54 Å². The molecule has 0 N–H and O–H groups in total. The number of benzene rings is 1. The van der Waals surface area contributed by atoms with E-state index in [4.69, 9.17) is 4.74 Å². The number of ether oxygens (including phenoxy) is 1. The smallest absolute Gasteiger partial charge is 0.255 e.